The molecular formula is C14H25NOS. The topological polar surface area (TPSA) is 29.1 Å². The quantitative estimate of drug-likeness (QED) is 0.837. The lowest BCUT2D eigenvalue weighted by Gasteiger charge is -2.29. The zero-order chi connectivity index (χ0) is 12.1. The molecule has 0 aromatic carbocycles. The van der Waals surface area contributed by atoms with Gasteiger partial charge in [-0.3, -0.25) is 4.79 Å². The monoisotopic (exact) mass is 255 g/mol. The normalized spacial score (nSPS) is 34.5. The summed E-state index contributed by atoms with van der Waals surface area (Å²) in [5.41, 5.74) is 0. The highest BCUT2D eigenvalue weighted by atomic mass is 32.2. The van der Waals surface area contributed by atoms with Crippen molar-refractivity contribution in [3.05, 3.63) is 0 Å². The van der Waals surface area contributed by atoms with Crippen LogP contribution in [0.1, 0.15) is 45.4 Å². The predicted octanol–water partition coefficient (Wildman–Crippen LogP) is 2.87. The van der Waals surface area contributed by atoms with E-state index in [1.807, 2.05) is 11.8 Å². The van der Waals surface area contributed by atoms with Crippen molar-refractivity contribution < 1.29 is 4.79 Å². The van der Waals surface area contributed by atoms with Gasteiger partial charge in [0.25, 0.3) is 0 Å². The molecule has 1 saturated heterocycles. The molecule has 0 amide bonds. The maximum absolute atomic E-state index is 12.2. The molecule has 1 aliphatic carbocycles. The summed E-state index contributed by atoms with van der Waals surface area (Å²) in [5.74, 6) is 4.12. The number of carbonyl (C=O) groups excluding carboxylic acids is 1. The smallest absolute Gasteiger partial charge is 0.137 e. The van der Waals surface area contributed by atoms with Crippen LogP contribution >= 0.6 is 11.8 Å². The lowest BCUT2D eigenvalue weighted by atomic mass is 9.78. The second kappa shape index (κ2) is 6.79. The summed E-state index contributed by atoms with van der Waals surface area (Å²) in [7, 11) is 0. The molecule has 1 aliphatic heterocycles. The number of Topliss-reactive ketones (excluding diaryl/α,β-unsaturated/α-hetero) is 1. The maximum atomic E-state index is 12.2. The number of carbonyl (C=O) groups is 1. The number of hydrogen-bond acceptors (Lipinski definition) is 3. The van der Waals surface area contributed by atoms with Crippen molar-refractivity contribution in [1.82, 2.24) is 5.32 Å². The molecule has 98 valence electrons. The van der Waals surface area contributed by atoms with E-state index in [4.69, 9.17) is 0 Å². The molecule has 1 atom stereocenters. The first-order valence-electron chi connectivity index (χ1n) is 7.13. The first kappa shape index (κ1) is 13.4. The first-order chi connectivity index (χ1) is 8.29. The zero-order valence-electron chi connectivity index (χ0n) is 10.9. The lowest BCUT2D eigenvalue weighted by Crippen LogP contribution is -2.40. The summed E-state index contributed by atoms with van der Waals surface area (Å²) < 4.78 is 0. The van der Waals surface area contributed by atoms with Crippen LogP contribution in [0.25, 0.3) is 0 Å². The number of hydrogen-bond donors (Lipinski definition) is 1. The minimum atomic E-state index is 0.381. The Labute approximate surface area is 109 Å². The van der Waals surface area contributed by atoms with Gasteiger partial charge in [0.15, 0.2) is 0 Å². The van der Waals surface area contributed by atoms with Crippen molar-refractivity contribution in [2.24, 2.45) is 11.8 Å². The standard InChI is InChI=1S/C14H25NOS/c1-2-11-3-5-12(6-4-11)14(16)9-13-10-17-8-7-15-13/h11-13,15H,2-10H2,1H3. The van der Waals surface area contributed by atoms with Gasteiger partial charge in [-0.05, 0) is 31.6 Å². The number of nitrogens with one attached hydrogen (secondary N) is 1. The van der Waals surface area contributed by atoms with Gasteiger partial charge in [0.05, 0.1) is 0 Å². The van der Waals surface area contributed by atoms with Crippen LogP contribution < -0.4 is 5.32 Å². The van der Waals surface area contributed by atoms with Crippen LogP contribution in [0.2, 0.25) is 0 Å². The Balaban J connectivity index is 1.72. The van der Waals surface area contributed by atoms with Gasteiger partial charge in [0.1, 0.15) is 5.78 Å². The second-order valence-electron chi connectivity index (χ2n) is 5.52. The summed E-state index contributed by atoms with van der Waals surface area (Å²) in [4.78, 5) is 12.2. The number of rotatable bonds is 4. The highest BCUT2D eigenvalue weighted by Gasteiger charge is 2.27. The SMILES string of the molecule is CCC1CCC(C(=O)CC2CSCCN2)CC1. The van der Waals surface area contributed by atoms with E-state index in [-0.39, 0.29) is 0 Å². The Hall–Kier alpha value is -0.0200. The Morgan fingerprint density at radius 3 is 2.65 bits per heavy atom. The van der Waals surface area contributed by atoms with Crippen molar-refractivity contribution in [1.29, 1.82) is 0 Å². The van der Waals surface area contributed by atoms with Gasteiger partial charge in [-0.15, -0.1) is 0 Å². The predicted molar refractivity (Wildman–Crippen MR) is 74.5 cm³/mol. The van der Waals surface area contributed by atoms with E-state index in [1.54, 1.807) is 0 Å². The number of ketones is 1. The maximum Gasteiger partial charge on any atom is 0.137 e. The van der Waals surface area contributed by atoms with E-state index in [1.165, 1.54) is 25.0 Å². The van der Waals surface area contributed by atoms with E-state index in [0.717, 1.165) is 37.5 Å². The van der Waals surface area contributed by atoms with E-state index in [0.29, 0.717) is 17.7 Å². The summed E-state index contributed by atoms with van der Waals surface area (Å²) in [6.45, 7) is 3.35. The molecule has 1 unspecified atom stereocenters. The molecule has 2 aliphatic rings. The summed E-state index contributed by atoms with van der Waals surface area (Å²) in [6.07, 6.45) is 6.92. The molecule has 0 radical (unpaired) electrons. The number of thioether (sulfide) groups is 1. The Morgan fingerprint density at radius 2 is 2.06 bits per heavy atom. The Kier molecular flexibility index (Phi) is 5.36. The Morgan fingerprint density at radius 1 is 1.29 bits per heavy atom. The average molecular weight is 255 g/mol. The molecule has 3 heteroatoms. The zero-order valence-corrected chi connectivity index (χ0v) is 11.7. The largest absolute Gasteiger partial charge is 0.312 e. The van der Waals surface area contributed by atoms with E-state index in [9.17, 15) is 4.79 Å². The molecule has 0 spiro atoms. The van der Waals surface area contributed by atoms with Crippen molar-refractivity contribution in [2.45, 2.75) is 51.5 Å². The third-order valence-corrected chi connectivity index (χ3v) is 5.46. The van der Waals surface area contributed by atoms with Gasteiger partial charge in [0.2, 0.25) is 0 Å². The molecular weight excluding hydrogens is 230 g/mol. The molecule has 1 N–H and O–H groups in total. The molecule has 2 nitrogen and oxygen atoms in total. The summed E-state index contributed by atoms with van der Waals surface area (Å²) >= 11 is 1.98. The van der Waals surface area contributed by atoms with Gasteiger partial charge in [-0.25, -0.2) is 0 Å². The lowest BCUT2D eigenvalue weighted by molar-refractivity contribution is -0.124. The fourth-order valence-corrected chi connectivity index (χ4v) is 4.00. The van der Waals surface area contributed by atoms with Crippen molar-refractivity contribution >= 4 is 17.5 Å². The highest BCUT2D eigenvalue weighted by Crippen LogP contribution is 2.32. The minimum absolute atomic E-state index is 0.381. The van der Waals surface area contributed by atoms with Crippen LogP contribution in [-0.2, 0) is 4.79 Å². The second-order valence-corrected chi connectivity index (χ2v) is 6.67. The highest BCUT2D eigenvalue weighted by molar-refractivity contribution is 7.99. The average Bonchev–Trinajstić information content (AvgIpc) is 2.40. The van der Waals surface area contributed by atoms with Gasteiger partial charge < -0.3 is 5.32 Å². The third kappa shape index (κ3) is 3.99. The van der Waals surface area contributed by atoms with Crippen LogP contribution in [0.5, 0.6) is 0 Å². The summed E-state index contributed by atoms with van der Waals surface area (Å²) in [5, 5.41) is 3.47. The van der Waals surface area contributed by atoms with Crippen molar-refractivity contribution in [3.63, 3.8) is 0 Å². The van der Waals surface area contributed by atoms with Crippen molar-refractivity contribution in [3.8, 4) is 0 Å². The van der Waals surface area contributed by atoms with E-state index >= 15 is 0 Å². The van der Waals surface area contributed by atoms with E-state index in [2.05, 4.69) is 12.2 Å². The van der Waals surface area contributed by atoms with Gasteiger partial charge >= 0.3 is 0 Å². The fourth-order valence-electron chi connectivity index (χ4n) is 3.05. The minimum Gasteiger partial charge on any atom is -0.312 e. The van der Waals surface area contributed by atoms with Gasteiger partial charge in [-0.2, -0.15) is 11.8 Å². The fraction of sp³-hybridized carbons (Fsp3) is 0.929. The van der Waals surface area contributed by atoms with Crippen LogP contribution in [0.15, 0.2) is 0 Å². The van der Waals surface area contributed by atoms with Gasteiger partial charge in [-0.1, -0.05) is 13.3 Å². The molecule has 2 fully saturated rings. The molecule has 1 saturated carbocycles. The van der Waals surface area contributed by atoms with Crippen LogP contribution in [0.3, 0.4) is 0 Å². The molecule has 0 aromatic rings. The summed E-state index contributed by atoms with van der Waals surface area (Å²) in [6, 6.07) is 0.449. The molecule has 2 rings (SSSR count). The van der Waals surface area contributed by atoms with Crippen LogP contribution in [-0.4, -0.2) is 29.9 Å². The molecule has 17 heavy (non-hydrogen) atoms. The molecule has 0 aromatic heterocycles. The van der Waals surface area contributed by atoms with Crippen LogP contribution in [0, 0.1) is 11.8 Å². The third-order valence-electron chi connectivity index (χ3n) is 4.33. The first-order valence-corrected chi connectivity index (χ1v) is 8.29. The molecule has 0 bridgehead atoms. The van der Waals surface area contributed by atoms with Gasteiger partial charge in [0, 0.05) is 36.4 Å². The van der Waals surface area contributed by atoms with Crippen molar-refractivity contribution in [2.75, 3.05) is 18.1 Å². The van der Waals surface area contributed by atoms with Crippen LogP contribution in [0.4, 0.5) is 0 Å². The molecule has 1 heterocycles. The Bertz CT molecular complexity index is 243. The van der Waals surface area contributed by atoms with E-state index < -0.39 is 0 Å².